The van der Waals surface area contributed by atoms with E-state index in [-0.39, 0.29) is 11.2 Å². The Morgan fingerprint density at radius 2 is 1.59 bits per heavy atom. The first-order chi connectivity index (χ1) is 18.2. The molecule has 0 saturated heterocycles. The molecule has 0 unspecified atom stereocenters. The second-order valence-electron chi connectivity index (χ2n) is 8.66. The molecule has 5 aromatic rings. The van der Waals surface area contributed by atoms with E-state index >= 15 is 0 Å². The number of ether oxygens (including phenoxy) is 1. The van der Waals surface area contributed by atoms with Crippen LogP contribution in [0.5, 0.6) is 5.75 Å². The summed E-state index contributed by atoms with van der Waals surface area (Å²) in [7, 11) is 0. The Morgan fingerprint density at radius 1 is 0.919 bits per heavy atom. The molecule has 6 heteroatoms. The number of unbranched alkanes of at least 4 members (excludes halogenated alkanes) is 1. The lowest BCUT2D eigenvalue weighted by atomic mass is 10.0. The average molecular weight is 525 g/mol. The monoisotopic (exact) mass is 524 g/mol. The SMILES string of the molecule is CCCCOc1ccc(C(=O)Nc2ccc3nc(SC(c4ccccc4)c4ccccc4)sc3c2)cc1. The van der Waals surface area contributed by atoms with Crippen LogP contribution in [0.4, 0.5) is 5.69 Å². The summed E-state index contributed by atoms with van der Waals surface area (Å²) < 4.78 is 7.73. The fourth-order valence-corrected chi connectivity index (χ4v) is 6.38. The van der Waals surface area contributed by atoms with Crippen molar-refractivity contribution in [3.63, 3.8) is 0 Å². The Labute approximate surface area is 225 Å². The van der Waals surface area contributed by atoms with Crippen LogP contribution in [0.2, 0.25) is 0 Å². The number of hydrogen-bond acceptors (Lipinski definition) is 5. The lowest BCUT2D eigenvalue weighted by Gasteiger charge is -2.16. The maximum Gasteiger partial charge on any atom is 0.255 e. The third-order valence-corrected chi connectivity index (χ3v) is 8.36. The van der Waals surface area contributed by atoms with Gasteiger partial charge in [-0.3, -0.25) is 4.79 Å². The minimum Gasteiger partial charge on any atom is -0.494 e. The highest BCUT2D eigenvalue weighted by Crippen LogP contribution is 2.43. The molecular formula is C31H28N2O2S2. The van der Waals surface area contributed by atoms with Gasteiger partial charge in [0, 0.05) is 11.3 Å². The Balaban J connectivity index is 1.30. The third-order valence-electron chi connectivity index (χ3n) is 5.93. The Kier molecular flexibility index (Phi) is 8.18. The van der Waals surface area contributed by atoms with Crippen LogP contribution in [0.1, 0.15) is 46.5 Å². The predicted octanol–water partition coefficient (Wildman–Crippen LogP) is 8.61. The number of thioether (sulfide) groups is 1. The molecule has 0 aliphatic rings. The van der Waals surface area contributed by atoms with Gasteiger partial charge in [0.1, 0.15) is 5.75 Å². The van der Waals surface area contributed by atoms with Crippen molar-refractivity contribution >= 4 is 44.9 Å². The molecule has 0 aliphatic heterocycles. The van der Waals surface area contributed by atoms with Crippen LogP contribution in [0.15, 0.2) is 107 Å². The molecule has 1 heterocycles. The van der Waals surface area contributed by atoms with Gasteiger partial charge in [0.25, 0.3) is 5.91 Å². The smallest absolute Gasteiger partial charge is 0.255 e. The molecule has 0 atom stereocenters. The first kappa shape index (κ1) is 25.1. The fourth-order valence-electron chi connectivity index (χ4n) is 3.96. The maximum atomic E-state index is 12.8. The molecule has 0 radical (unpaired) electrons. The van der Waals surface area contributed by atoms with E-state index in [4.69, 9.17) is 9.72 Å². The zero-order chi connectivity index (χ0) is 25.5. The number of fused-ring (bicyclic) bond motifs is 1. The van der Waals surface area contributed by atoms with E-state index in [2.05, 4.69) is 60.8 Å². The number of amides is 1. The molecule has 0 spiro atoms. The van der Waals surface area contributed by atoms with Crippen LogP contribution in [0, 0.1) is 0 Å². The largest absolute Gasteiger partial charge is 0.494 e. The number of hydrogen-bond donors (Lipinski definition) is 1. The zero-order valence-electron chi connectivity index (χ0n) is 20.6. The van der Waals surface area contributed by atoms with Crippen molar-refractivity contribution in [1.29, 1.82) is 0 Å². The number of thiazole rings is 1. The second-order valence-corrected chi connectivity index (χ2v) is 11.0. The van der Waals surface area contributed by atoms with Crippen LogP contribution in [0.25, 0.3) is 10.2 Å². The van der Waals surface area contributed by atoms with E-state index in [1.54, 1.807) is 35.2 Å². The summed E-state index contributed by atoms with van der Waals surface area (Å²) in [6.07, 6.45) is 2.10. The third kappa shape index (κ3) is 6.40. The van der Waals surface area contributed by atoms with Crippen LogP contribution >= 0.6 is 23.1 Å². The molecule has 4 aromatic carbocycles. The van der Waals surface area contributed by atoms with E-state index in [1.165, 1.54) is 11.1 Å². The summed E-state index contributed by atoms with van der Waals surface area (Å²) in [5.41, 5.74) is 4.76. The number of aromatic nitrogens is 1. The highest BCUT2D eigenvalue weighted by Gasteiger charge is 2.18. The maximum absolute atomic E-state index is 12.8. The molecule has 1 amide bonds. The number of carbonyl (C=O) groups excluding carboxylic acids is 1. The number of benzene rings is 4. The summed E-state index contributed by atoms with van der Waals surface area (Å²) in [6.45, 7) is 2.82. The van der Waals surface area contributed by atoms with Gasteiger partial charge < -0.3 is 10.1 Å². The van der Waals surface area contributed by atoms with Crippen molar-refractivity contribution < 1.29 is 9.53 Å². The zero-order valence-corrected chi connectivity index (χ0v) is 22.2. The minimum atomic E-state index is -0.146. The number of rotatable bonds is 10. The highest BCUT2D eigenvalue weighted by atomic mass is 32.2. The van der Waals surface area contributed by atoms with Crippen LogP contribution in [0.3, 0.4) is 0 Å². The van der Waals surface area contributed by atoms with Crippen molar-refractivity contribution in [1.82, 2.24) is 4.98 Å². The van der Waals surface area contributed by atoms with E-state index < -0.39 is 0 Å². The lowest BCUT2D eigenvalue weighted by Crippen LogP contribution is -2.11. The molecular weight excluding hydrogens is 496 g/mol. The van der Waals surface area contributed by atoms with E-state index in [9.17, 15) is 4.79 Å². The normalized spacial score (nSPS) is 11.1. The van der Waals surface area contributed by atoms with E-state index in [0.29, 0.717) is 12.2 Å². The molecule has 1 N–H and O–H groups in total. The van der Waals surface area contributed by atoms with Gasteiger partial charge >= 0.3 is 0 Å². The van der Waals surface area contributed by atoms with Gasteiger partial charge in [0.15, 0.2) is 4.34 Å². The molecule has 186 valence electrons. The van der Waals surface area contributed by atoms with Gasteiger partial charge in [-0.25, -0.2) is 4.98 Å². The van der Waals surface area contributed by atoms with Gasteiger partial charge in [0.05, 0.1) is 22.1 Å². The topological polar surface area (TPSA) is 51.2 Å². The summed E-state index contributed by atoms with van der Waals surface area (Å²) in [5.74, 6) is 0.636. The first-order valence-electron chi connectivity index (χ1n) is 12.4. The molecule has 0 fully saturated rings. The van der Waals surface area contributed by atoms with Crippen molar-refractivity contribution in [3.8, 4) is 5.75 Å². The van der Waals surface area contributed by atoms with Gasteiger partial charge in [-0.15, -0.1) is 11.3 Å². The van der Waals surface area contributed by atoms with Crippen molar-refractivity contribution in [3.05, 3.63) is 120 Å². The Hall–Kier alpha value is -3.61. The molecule has 0 bridgehead atoms. The van der Waals surface area contributed by atoms with E-state index in [0.717, 1.165) is 38.8 Å². The lowest BCUT2D eigenvalue weighted by molar-refractivity contribution is 0.102. The quantitative estimate of drug-likeness (QED) is 0.147. The second kappa shape index (κ2) is 12.1. The van der Waals surface area contributed by atoms with Crippen molar-refractivity contribution in [2.45, 2.75) is 29.4 Å². The van der Waals surface area contributed by atoms with Crippen LogP contribution in [-0.4, -0.2) is 17.5 Å². The molecule has 4 nitrogen and oxygen atoms in total. The number of nitrogens with one attached hydrogen (secondary N) is 1. The summed E-state index contributed by atoms with van der Waals surface area (Å²) in [4.78, 5) is 17.7. The van der Waals surface area contributed by atoms with Gasteiger partial charge in [-0.1, -0.05) is 85.8 Å². The van der Waals surface area contributed by atoms with Crippen LogP contribution in [-0.2, 0) is 0 Å². The van der Waals surface area contributed by atoms with Crippen molar-refractivity contribution in [2.24, 2.45) is 0 Å². The Morgan fingerprint density at radius 3 is 2.24 bits per heavy atom. The fraction of sp³-hybridized carbons (Fsp3) is 0.161. The standard InChI is InChI=1S/C31H28N2O2S2/c1-2-3-20-35-26-17-14-24(15-18-26)30(34)32-25-16-19-27-28(21-25)36-31(33-27)37-29(22-10-6-4-7-11-22)23-12-8-5-9-13-23/h4-19,21,29H,2-3,20H2,1H3,(H,32,34). The highest BCUT2D eigenvalue weighted by molar-refractivity contribution is 8.01. The molecule has 37 heavy (non-hydrogen) atoms. The molecule has 1 aromatic heterocycles. The summed E-state index contributed by atoms with van der Waals surface area (Å²) in [5, 5.41) is 3.17. The van der Waals surface area contributed by atoms with Gasteiger partial charge in [-0.2, -0.15) is 0 Å². The number of carbonyl (C=O) groups is 1. The first-order valence-corrected chi connectivity index (χ1v) is 14.1. The summed E-state index contributed by atoms with van der Waals surface area (Å²) in [6, 6.07) is 34.2. The minimum absolute atomic E-state index is 0.146. The van der Waals surface area contributed by atoms with Crippen molar-refractivity contribution in [2.75, 3.05) is 11.9 Å². The average Bonchev–Trinajstić information content (AvgIpc) is 3.35. The number of nitrogens with zero attached hydrogens (tertiary/aromatic N) is 1. The number of anilines is 1. The molecule has 5 rings (SSSR count). The van der Waals surface area contributed by atoms with Gasteiger partial charge in [-0.05, 0) is 60.0 Å². The van der Waals surface area contributed by atoms with Crippen LogP contribution < -0.4 is 10.1 Å². The van der Waals surface area contributed by atoms with Gasteiger partial charge in [0.2, 0.25) is 0 Å². The molecule has 0 saturated carbocycles. The predicted molar refractivity (Wildman–Crippen MR) is 155 cm³/mol. The Bertz CT molecular complexity index is 1410. The summed E-state index contributed by atoms with van der Waals surface area (Å²) >= 11 is 3.40. The molecule has 0 aliphatic carbocycles. The van der Waals surface area contributed by atoms with E-state index in [1.807, 2.05) is 42.5 Å².